The van der Waals surface area contributed by atoms with Crippen molar-refractivity contribution in [2.24, 2.45) is 0 Å². The highest BCUT2D eigenvalue weighted by molar-refractivity contribution is 7.87. The molecule has 1 aromatic heterocycles. The van der Waals surface area contributed by atoms with Crippen LogP contribution >= 0.6 is 0 Å². The molecular formula is C11H20N4O2S. The van der Waals surface area contributed by atoms with E-state index in [1.807, 2.05) is 20.0 Å². The van der Waals surface area contributed by atoms with Gasteiger partial charge in [-0.3, -0.25) is 4.68 Å². The summed E-state index contributed by atoms with van der Waals surface area (Å²) >= 11 is 0. The van der Waals surface area contributed by atoms with E-state index in [0.29, 0.717) is 19.6 Å². The summed E-state index contributed by atoms with van der Waals surface area (Å²) in [5.41, 5.74) is 1.07. The lowest BCUT2D eigenvalue weighted by molar-refractivity contribution is 0.441. The summed E-state index contributed by atoms with van der Waals surface area (Å²) in [6.45, 7) is 5.53. The van der Waals surface area contributed by atoms with E-state index in [9.17, 15) is 8.42 Å². The first kappa shape index (κ1) is 13.5. The van der Waals surface area contributed by atoms with Gasteiger partial charge in [0.25, 0.3) is 10.2 Å². The van der Waals surface area contributed by atoms with Crippen LogP contribution in [0, 0.1) is 6.92 Å². The van der Waals surface area contributed by atoms with Gasteiger partial charge in [-0.25, -0.2) is 0 Å². The highest BCUT2D eigenvalue weighted by Crippen LogP contribution is 2.12. The van der Waals surface area contributed by atoms with Gasteiger partial charge >= 0.3 is 0 Å². The minimum Gasteiger partial charge on any atom is -0.268 e. The van der Waals surface area contributed by atoms with Crippen LogP contribution < -0.4 is 4.72 Å². The van der Waals surface area contributed by atoms with Crippen molar-refractivity contribution in [2.75, 3.05) is 19.6 Å². The summed E-state index contributed by atoms with van der Waals surface area (Å²) in [6, 6.07) is 0.0103. The average Bonchev–Trinajstić information content (AvgIpc) is 2.96. The molecule has 1 atom stereocenters. The number of hydrogen-bond donors (Lipinski definition) is 1. The molecule has 0 aliphatic carbocycles. The quantitative estimate of drug-likeness (QED) is 0.857. The van der Waals surface area contributed by atoms with Crippen molar-refractivity contribution in [3.05, 3.63) is 18.0 Å². The molecule has 0 unspecified atom stereocenters. The van der Waals surface area contributed by atoms with Crippen molar-refractivity contribution < 1.29 is 8.42 Å². The number of nitrogens with zero attached hydrogens (tertiary/aromatic N) is 3. The standard InChI is InChI=1S/C11H20N4O2S/c1-10-7-12-15(9-10)11(2)8-13-18(16,17)14-5-3-4-6-14/h7,9,11,13H,3-6,8H2,1-2H3/t11-/m1/s1. The van der Waals surface area contributed by atoms with Crippen LogP contribution in [-0.2, 0) is 10.2 Å². The molecule has 1 N–H and O–H groups in total. The van der Waals surface area contributed by atoms with E-state index >= 15 is 0 Å². The lowest BCUT2D eigenvalue weighted by Gasteiger charge is -2.18. The normalized spacial score (nSPS) is 19.2. The van der Waals surface area contributed by atoms with Gasteiger partial charge in [-0.15, -0.1) is 0 Å². The fraction of sp³-hybridized carbons (Fsp3) is 0.727. The van der Waals surface area contributed by atoms with Gasteiger partial charge in [0.05, 0.1) is 12.2 Å². The number of nitrogens with one attached hydrogen (secondary N) is 1. The van der Waals surface area contributed by atoms with E-state index in [0.717, 1.165) is 18.4 Å². The smallest absolute Gasteiger partial charge is 0.268 e. The number of rotatable bonds is 5. The SMILES string of the molecule is Cc1cnn([C@H](C)CNS(=O)(=O)N2CCCC2)c1. The Morgan fingerprint density at radius 1 is 1.44 bits per heavy atom. The first-order valence-corrected chi connectivity index (χ1v) is 7.68. The van der Waals surface area contributed by atoms with Crippen LogP contribution in [0.25, 0.3) is 0 Å². The second kappa shape index (κ2) is 5.38. The van der Waals surface area contributed by atoms with Crippen molar-refractivity contribution in [1.82, 2.24) is 18.8 Å². The Morgan fingerprint density at radius 3 is 2.67 bits per heavy atom. The minimum atomic E-state index is -3.31. The van der Waals surface area contributed by atoms with Gasteiger partial charge < -0.3 is 0 Å². The predicted molar refractivity (Wildman–Crippen MR) is 69.4 cm³/mol. The Kier molecular flexibility index (Phi) is 4.04. The third-order valence-electron chi connectivity index (χ3n) is 3.15. The molecule has 0 spiro atoms. The van der Waals surface area contributed by atoms with Crippen molar-refractivity contribution in [3.8, 4) is 0 Å². The zero-order valence-electron chi connectivity index (χ0n) is 10.8. The van der Waals surface area contributed by atoms with Crippen LogP contribution in [0.3, 0.4) is 0 Å². The molecule has 7 heteroatoms. The van der Waals surface area contributed by atoms with Crippen LogP contribution in [0.15, 0.2) is 12.4 Å². The molecule has 0 radical (unpaired) electrons. The molecule has 1 fully saturated rings. The summed E-state index contributed by atoms with van der Waals surface area (Å²) in [7, 11) is -3.31. The molecule has 1 aliphatic heterocycles. The maximum absolute atomic E-state index is 12.0. The van der Waals surface area contributed by atoms with E-state index < -0.39 is 10.2 Å². The number of aromatic nitrogens is 2. The van der Waals surface area contributed by atoms with Crippen molar-refractivity contribution in [1.29, 1.82) is 0 Å². The number of hydrogen-bond acceptors (Lipinski definition) is 3. The lowest BCUT2D eigenvalue weighted by Crippen LogP contribution is -2.41. The monoisotopic (exact) mass is 272 g/mol. The molecule has 2 rings (SSSR count). The Bertz CT molecular complexity index is 491. The van der Waals surface area contributed by atoms with Gasteiger partial charge in [0.2, 0.25) is 0 Å². The maximum Gasteiger partial charge on any atom is 0.279 e. The van der Waals surface area contributed by atoms with E-state index in [1.165, 1.54) is 4.31 Å². The summed E-state index contributed by atoms with van der Waals surface area (Å²) in [5, 5.41) is 4.18. The van der Waals surface area contributed by atoms with Crippen molar-refractivity contribution in [2.45, 2.75) is 32.7 Å². The molecule has 0 bridgehead atoms. The molecule has 0 aromatic carbocycles. The number of aryl methyl sites for hydroxylation is 1. The van der Waals surface area contributed by atoms with Crippen LogP contribution in [0.4, 0.5) is 0 Å². The molecule has 1 aromatic rings. The third kappa shape index (κ3) is 3.09. The zero-order valence-corrected chi connectivity index (χ0v) is 11.7. The molecule has 18 heavy (non-hydrogen) atoms. The van der Waals surface area contributed by atoms with Gasteiger partial charge in [0.1, 0.15) is 0 Å². The maximum atomic E-state index is 12.0. The van der Waals surface area contributed by atoms with Gasteiger partial charge in [0.15, 0.2) is 0 Å². The fourth-order valence-electron chi connectivity index (χ4n) is 2.01. The van der Waals surface area contributed by atoms with Crippen molar-refractivity contribution >= 4 is 10.2 Å². The second-order valence-electron chi connectivity index (χ2n) is 4.81. The van der Waals surface area contributed by atoms with E-state index in [2.05, 4.69) is 9.82 Å². The highest BCUT2D eigenvalue weighted by atomic mass is 32.2. The van der Waals surface area contributed by atoms with E-state index in [1.54, 1.807) is 10.9 Å². The Balaban J connectivity index is 1.91. The molecule has 1 aliphatic rings. The van der Waals surface area contributed by atoms with E-state index in [4.69, 9.17) is 0 Å². The van der Waals surface area contributed by atoms with Gasteiger partial charge in [-0.2, -0.15) is 22.5 Å². The lowest BCUT2D eigenvalue weighted by atomic mass is 10.3. The van der Waals surface area contributed by atoms with Crippen LogP contribution in [0.2, 0.25) is 0 Å². The average molecular weight is 272 g/mol. The van der Waals surface area contributed by atoms with E-state index in [-0.39, 0.29) is 6.04 Å². The highest BCUT2D eigenvalue weighted by Gasteiger charge is 2.25. The molecule has 102 valence electrons. The fourth-order valence-corrected chi connectivity index (χ4v) is 3.39. The van der Waals surface area contributed by atoms with Crippen LogP contribution in [0.5, 0.6) is 0 Å². The molecule has 6 nitrogen and oxygen atoms in total. The zero-order chi connectivity index (χ0) is 13.2. The summed E-state index contributed by atoms with van der Waals surface area (Å²) in [4.78, 5) is 0. The topological polar surface area (TPSA) is 67.2 Å². The Morgan fingerprint density at radius 2 is 2.11 bits per heavy atom. The summed E-state index contributed by atoms with van der Waals surface area (Å²) < 4.78 is 29.9. The third-order valence-corrected chi connectivity index (χ3v) is 4.72. The predicted octanol–water partition coefficient (Wildman–Crippen LogP) is 0.683. The molecular weight excluding hydrogens is 252 g/mol. The molecule has 2 heterocycles. The van der Waals surface area contributed by atoms with Crippen LogP contribution in [-0.4, -0.2) is 42.1 Å². The van der Waals surface area contributed by atoms with Gasteiger partial charge in [0, 0.05) is 25.8 Å². The molecule has 1 saturated heterocycles. The second-order valence-corrected chi connectivity index (χ2v) is 6.56. The first-order valence-electron chi connectivity index (χ1n) is 6.24. The van der Waals surface area contributed by atoms with Crippen LogP contribution in [0.1, 0.15) is 31.4 Å². The largest absolute Gasteiger partial charge is 0.279 e. The van der Waals surface area contributed by atoms with Crippen molar-refractivity contribution in [3.63, 3.8) is 0 Å². The molecule has 0 amide bonds. The minimum absolute atomic E-state index is 0.0103. The Hall–Kier alpha value is -0.920. The Labute approximate surface area is 108 Å². The van der Waals surface area contributed by atoms with Gasteiger partial charge in [-0.05, 0) is 32.3 Å². The van der Waals surface area contributed by atoms with Gasteiger partial charge in [-0.1, -0.05) is 0 Å². The first-order chi connectivity index (χ1) is 8.49. The summed E-state index contributed by atoms with van der Waals surface area (Å²) in [6.07, 6.45) is 5.59. The molecule has 0 saturated carbocycles. The summed E-state index contributed by atoms with van der Waals surface area (Å²) in [5.74, 6) is 0.